The lowest BCUT2D eigenvalue weighted by Gasteiger charge is -2.25. The second kappa shape index (κ2) is 5.49. The van der Waals surface area contributed by atoms with E-state index in [1.807, 2.05) is 0 Å². The Balaban J connectivity index is 2.37. The summed E-state index contributed by atoms with van der Waals surface area (Å²) < 4.78 is 26.4. The lowest BCUT2D eigenvalue weighted by molar-refractivity contribution is 0.0702. The van der Waals surface area contributed by atoms with Crippen molar-refractivity contribution >= 4 is 55.0 Å². The van der Waals surface area contributed by atoms with Gasteiger partial charge in [-0.25, -0.2) is 13.2 Å². The van der Waals surface area contributed by atoms with Gasteiger partial charge < -0.3 is 5.11 Å². The van der Waals surface area contributed by atoms with E-state index in [1.165, 1.54) is 10.4 Å². The molecule has 1 N–H and O–H groups in total. The van der Waals surface area contributed by atoms with Crippen molar-refractivity contribution in [1.29, 1.82) is 0 Å². The summed E-state index contributed by atoms with van der Waals surface area (Å²) in [4.78, 5) is 10.9. The zero-order chi connectivity index (χ0) is 13.3. The molecule has 1 aromatic heterocycles. The molecule has 100 valence electrons. The van der Waals surface area contributed by atoms with Gasteiger partial charge in [0.05, 0.1) is 3.79 Å². The molecule has 1 aliphatic rings. The predicted octanol–water partition coefficient (Wildman–Crippen LogP) is 1.95. The van der Waals surface area contributed by atoms with Crippen LogP contribution in [-0.4, -0.2) is 48.4 Å². The first-order chi connectivity index (χ1) is 8.43. The van der Waals surface area contributed by atoms with E-state index in [1.54, 1.807) is 11.8 Å². The van der Waals surface area contributed by atoms with Gasteiger partial charge in [-0.2, -0.15) is 16.1 Å². The molecule has 0 bridgehead atoms. The molecular formula is C9H10BrNO4S3. The van der Waals surface area contributed by atoms with E-state index in [2.05, 4.69) is 15.9 Å². The molecule has 2 rings (SSSR count). The van der Waals surface area contributed by atoms with E-state index in [9.17, 15) is 13.2 Å². The highest BCUT2D eigenvalue weighted by molar-refractivity contribution is 9.11. The third kappa shape index (κ3) is 2.74. The Kier molecular flexibility index (Phi) is 4.37. The van der Waals surface area contributed by atoms with Crippen molar-refractivity contribution < 1.29 is 18.3 Å². The van der Waals surface area contributed by atoms with Gasteiger partial charge in [-0.05, 0) is 22.0 Å². The second-order valence-electron chi connectivity index (χ2n) is 3.57. The molecule has 0 atom stereocenters. The summed E-state index contributed by atoms with van der Waals surface area (Å²) in [5.41, 5.74) is 0. The third-order valence-electron chi connectivity index (χ3n) is 2.45. The smallest absolute Gasteiger partial charge is 0.345 e. The summed E-state index contributed by atoms with van der Waals surface area (Å²) >= 11 is 5.77. The summed E-state index contributed by atoms with van der Waals surface area (Å²) in [6.07, 6.45) is 0. The lowest BCUT2D eigenvalue weighted by Crippen LogP contribution is -2.37. The highest BCUT2D eigenvalue weighted by Crippen LogP contribution is 2.34. The molecule has 0 spiro atoms. The molecule has 0 unspecified atom stereocenters. The molecule has 1 aromatic rings. The first-order valence-electron chi connectivity index (χ1n) is 5.03. The van der Waals surface area contributed by atoms with Crippen molar-refractivity contribution in [3.63, 3.8) is 0 Å². The van der Waals surface area contributed by atoms with Crippen molar-refractivity contribution in [1.82, 2.24) is 4.31 Å². The van der Waals surface area contributed by atoms with Crippen molar-refractivity contribution in [3.8, 4) is 0 Å². The van der Waals surface area contributed by atoms with E-state index < -0.39 is 16.0 Å². The Bertz CT molecular complexity index is 562. The number of hydrogen-bond donors (Lipinski definition) is 1. The van der Waals surface area contributed by atoms with Crippen LogP contribution in [0.4, 0.5) is 0 Å². The van der Waals surface area contributed by atoms with Crippen LogP contribution in [0.25, 0.3) is 0 Å². The summed E-state index contributed by atoms with van der Waals surface area (Å²) in [5.74, 6) is 0.427. The predicted molar refractivity (Wildman–Crippen MR) is 75.1 cm³/mol. The van der Waals surface area contributed by atoms with Crippen LogP contribution < -0.4 is 0 Å². The number of carboxylic acid groups (broad SMARTS) is 1. The number of nitrogens with zero attached hydrogens (tertiary/aromatic N) is 1. The fourth-order valence-electron chi connectivity index (χ4n) is 1.56. The average molecular weight is 372 g/mol. The maximum absolute atomic E-state index is 12.3. The fraction of sp³-hybridized carbons (Fsp3) is 0.444. The number of halogens is 1. The largest absolute Gasteiger partial charge is 0.477 e. The van der Waals surface area contributed by atoms with Crippen LogP contribution in [0.3, 0.4) is 0 Å². The number of aromatic carboxylic acids is 1. The highest BCUT2D eigenvalue weighted by atomic mass is 79.9. The number of carboxylic acids is 1. The SMILES string of the molecule is O=C(O)c1cc(S(=O)(=O)N2CCSCC2)c(Br)s1. The van der Waals surface area contributed by atoms with Crippen molar-refractivity contribution in [2.75, 3.05) is 24.6 Å². The molecule has 9 heteroatoms. The average Bonchev–Trinajstić information content (AvgIpc) is 2.73. The van der Waals surface area contributed by atoms with Gasteiger partial charge in [-0.1, -0.05) is 0 Å². The second-order valence-corrected chi connectivity index (χ2v) is 9.07. The maximum Gasteiger partial charge on any atom is 0.345 e. The molecule has 1 aliphatic heterocycles. The molecule has 0 saturated carbocycles. The minimum Gasteiger partial charge on any atom is -0.477 e. The zero-order valence-corrected chi connectivity index (χ0v) is 13.2. The molecule has 0 aromatic carbocycles. The van der Waals surface area contributed by atoms with Crippen LogP contribution in [0.2, 0.25) is 0 Å². The number of hydrogen-bond acceptors (Lipinski definition) is 5. The van der Waals surface area contributed by atoms with Gasteiger partial charge in [0.25, 0.3) is 0 Å². The van der Waals surface area contributed by atoms with E-state index in [-0.39, 0.29) is 9.77 Å². The van der Waals surface area contributed by atoms with E-state index in [4.69, 9.17) is 5.11 Å². The van der Waals surface area contributed by atoms with Crippen molar-refractivity contribution in [2.24, 2.45) is 0 Å². The standard InChI is InChI=1S/C9H10BrNO4S3/c10-8-7(5-6(17-8)9(12)13)18(14,15)11-1-3-16-4-2-11/h5H,1-4H2,(H,12,13). The normalized spacial score (nSPS) is 17.8. The van der Waals surface area contributed by atoms with E-state index in [0.717, 1.165) is 22.8 Å². The summed E-state index contributed by atoms with van der Waals surface area (Å²) in [6, 6.07) is 1.22. The number of thiophene rings is 1. The molecule has 0 amide bonds. The number of thioether (sulfide) groups is 1. The Morgan fingerprint density at radius 2 is 2.00 bits per heavy atom. The summed E-state index contributed by atoms with van der Waals surface area (Å²) in [7, 11) is -3.59. The van der Waals surface area contributed by atoms with Crippen LogP contribution in [0.15, 0.2) is 14.7 Å². The molecule has 0 aliphatic carbocycles. The topological polar surface area (TPSA) is 74.7 Å². The Morgan fingerprint density at radius 1 is 1.39 bits per heavy atom. The van der Waals surface area contributed by atoms with Crippen LogP contribution >= 0.6 is 39.0 Å². The molecule has 0 radical (unpaired) electrons. The maximum atomic E-state index is 12.3. The zero-order valence-electron chi connectivity index (χ0n) is 9.13. The van der Waals surface area contributed by atoms with Crippen molar-refractivity contribution in [2.45, 2.75) is 4.90 Å². The Hall–Kier alpha value is -0.0900. The Morgan fingerprint density at radius 3 is 2.50 bits per heavy atom. The minimum absolute atomic E-state index is 0.0202. The molecule has 1 fully saturated rings. The molecule has 18 heavy (non-hydrogen) atoms. The molecule has 1 saturated heterocycles. The number of rotatable bonds is 3. The van der Waals surface area contributed by atoms with Crippen LogP contribution in [0.5, 0.6) is 0 Å². The summed E-state index contributed by atoms with van der Waals surface area (Å²) in [6.45, 7) is 0.940. The third-order valence-corrected chi connectivity index (χ3v) is 7.54. The first-order valence-corrected chi connectivity index (χ1v) is 9.24. The Labute approximate surface area is 121 Å². The minimum atomic E-state index is -3.59. The molecule has 2 heterocycles. The van der Waals surface area contributed by atoms with E-state index in [0.29, 0.717) is 16.9 Å². The lowest BCUT2D eigenvalue weighted by atomic mass is 10.5. The molecular weight excluding hydrogens is 362 g/mol. The van der Waals surface area contributed by atoms with Gasteiger partial charge in [0.1, 0.15) is 9.77 Å². The van der Waals surface area contributed by atoms with Crippen LogP contribution in [0.1, 0.15) is 9.67 Å². The quantitative estimate of drug-likeness (QED) is 0.878. The van der Waals surface area contributed by atoms with Gasteiger partial charge in [-0.3, -0.25) is 0 Å². The van der Waals surface area contributed by atoms with Crippen LogP contribution in [-0.2, 0) is 10.0 Å². The van der Waals surface area contributed by atoms with Gasteiger partial charge >= 0.3 is 5.97 Å². The van der Waals surface area contributed by atoms with Gasteiger partial charge in [0.15, 0.2) is 0 Å². The van der Waals surface area contributed by atoms with Gasteiger partial charge in [-0.15, -0.1) is 11.3 Å². The van der Waals surface area contributed by atoms with Gasteiger partial charge in [0, 0.05) is 24.6 Å². The first kappa shape index (κ1) is 14.3. The summed E-state index contributed by atoms with van der Waals surface area (Å²) in [5, 5.41) is 8.88. The van der Waals surface area contributed by atoms with Crippen LogP contribution in [0, 0.1) is 0 Å². The molecule has 5 nitrogen and oxygen atoms in total. The number of carbonyl (C=O) groups is 1. The number of sulfonamides is 1. The monoisotopic (exact) mass is 371 g/mol. The van der Waals surface area contributed by atoms with Gasteiger partial charge in [0.2, 0.25) is 10.0 Å². The highest BCUT2D eigenvalue weighted by Gasteiger charge is 2.30. The fourth-order valence-corrected chi connectivity index (χ4v) is 6.49. The van der Waals surface area contributed by atoms with Crippen molar-refractivity contribution in [3.05, 3.63) is 14.7 Å². The van der Waals surface area contributed by atoms with E-state index >= 15 is 0 Å².